The van der Waals surface area contributed by atoms with Crippen molar-refractivity contribution >= 4 is 16.9 Å². The van der Waals surface area contributed by atoms with Crippen LogP contribution in [0.3, 0.4) is 0 Å². The number of rotatable bonds is 3. The Morgan fingerprint density at radius 1 is 1.00 bits per heavy atom. The fourth-order valence-corrected chi connectivity index (χ4v) is 3.56. The van der Waals surface area contributed by atoms with Crippen LogP contribution in [0.1, 0.15) is 35.0 Å². The molecule has 0 saturated carbocycles. The lowest BCUT2D eigenvalue weighted by atomic mass is 9.87. The molecule has 1 aliphatic rings. The summed E-state index contributed by atoms with van der Waals surface area (Å²) < 4.78 is 0. The molecular weight excluding hydrogens is 326 g/mol. The Bertz CT molecular complexity index is 905. The van der Waals surface area contributed by atoms with E-state index in [0.29, 0.717) is 18.8 Å². The summed E-state index contributed by atoms with van der Waals surface area (Å²) in [5.41, 5.74) is 2.84. The average Bonchev–Trinajstić information content (AvgIpc) is 2.73. The Labute approximate surface area is 152 Å². The minimum atomic E-state index is -0.478. The smallest absolute Gasteiger partial charge is 0.274 e. The van der Waals surface area contributed by atoms with Gasteiger partial charge in [0, 0.05) is 13.1 Å². The number of fused-ring (bicyclic) bond motifs is 1. The van der Waals surface area contributed by atoms with Gasteiger partial charge in [0.1, 0.15) is 5.69 Å². The molecule has 0 bridgehead atoms. The van der Waals surface area contributed by atoms with E-state index in [1.54, 1.807) is 6.20 Å². The molecule has 1 aliphatic heterocycles. The first-order valence-electron chi connectivity index (χ1n) is 8.96. The highest BCUT2D eigenvalue weighted by molar-refractivity contribution is 5.93. The molecule has 5 heteroatoms. The quantitative estimate of drug-likeness (QED) is 0.790. The number of carbonyl (C=O) groups is 1. The first-order chi connectivity index (χ1) is 12.7. The zero-order chi connectivity index (χ0) is 17.9. The number of amides is 1. The molecule has 1 fully saturated rings. The van der Waals surface area contributed by atoms with E-state index in [0.717, 1.165) is 29.4 Å². The van der Waals surface area contributed by atoms with Gasteiger partial charge in [-0.3, -0.25) is 9.78 Å². The van der Waals surface area contributed by atoms with Crippen LogP contribution in [0.5, 0.6) is 0 Å². The maximum atomic E-state index is 12.8. The van der Waals surface area contributed by atoms with Crippen molar-refractivity contribution in [3.05, 3.63) is 72.1 Å². The molecule has 1 aromatic heterocycles. The summed E-state index contributed by atoms with van der Waals surface area (Å²) in [5, 5.41) is 10.6. The molecule has 0 radical (unpaired) electrons. The highest BCUT2D eigenvalue weighted by atomic mass is 16.3. The predicted molar refractivity (Wildman–Crippen MR) is 99.6 cm³/mol. The van der Waals surface area contributed by atoms with Crippen LogP contribution in [-0.2, 0) is 0 Å². The van der Waals surface area contributed by atoms with Gasteiger partial charge < -0.3 is 10.0 Å². The van der Waals surface area contributed by atoms with Crippen LogP contribution in [0.4, 0.5) is 0 Å². The molecule has 1 atom stereocenters. The topological polar surface area (TPSA) is 66.3 Å². The van der Waals surface area contributed by atoms with Crippen molar-refractivity contribution in [1.29, 1.82) is 0 Å². The van der Waals surface area contributed by atoms with Crippen molar-refractivity contribution in [2.45, 2.75) is 18.9 Å². The molecule has 3 aromatic rings. The summed E-state index contributed by atoms with van der Waals surface area (Å²) in [4.78, 5) is 23.3. The van der Waals surface area contributed by atoms with E-state index in [-0.39, 0.29) is 11.8 Å². The summed E-state index contributed by atoms with van der Waals surface area (Å²) in [6.45, 7) is 1.25. The molecule has 1 saturated heterocycles. The average molecular weight is 347 g/mol. The van der Waals surface area contributed by atoms with Crippen molar-refractivity contribution in [3.63, 3.8) is 0 Å². The number of hydrogen-bond donors (Lipinski definition) is 1. The molecule has 132 valence electrons. The van der Waals surface area contributed by atoms with Crippen LogP contribution in [0.25, 0.3) is 11.0 Å². The van der Waals surface area contributed by atoms with Gasteiger partial charge in [-0.25, -0.2) is 4.98 Å². The van der Waals surface area contributed by atoms with E-state index in [4.69, 9.17) is 0 Å². The minimum absolute atomic E-state index is 0.0871. The van der Waals surface area contributed by atoms with Crippen LogP contribution in [0.15, 0.2) is 60.8 Å². The van der Waals surface area contributed by atoms with E-state index in [9.17, 15) is 9.90 Å². The van der Waals surface area contributed by atoms with Gasteiger partial charge in [0.2, 0.25) is 0 Å². The standard InChI is InChI=1S/C21H21N3O2/c25-20(15-6-2-1-3-7-15)16-10-12-24(13-11-16)21(26)19-14-22-17-8-4-5-9-18(17)23-19/h1-9,14,16,20,25H,10-13H2. The summed E-state index contributed by atoms with van der Waals surface area (Å²) in [6, 6.07) is 17.3. The van der Waals surface area contributed by atoms with E-state index < -0.39 is 6.10 Å². The number of likely N-dealkylation sites (tertiary alicyclic amines) is 1. The number of aliphatic hydroxyl groups excluding tert-OH is 1. The third-order valence-electron chi connectivity index (χ3n) is 5.08. The van der Waals surface area contributed by atoms with E-state index >= 15 is 0 Å². The Morgan fingerprint density at radius 2 is 1.65 bits per heavy atom. The number of benzene rings is 2. The molecule has 1 N–H and O–H groups in total. The fraction of sp³-hybridized carbons (Fsp3) is 0.286. The second-order valence-electron chi connectivity index (χ2n) is 6.73. The maximum Gasteiger partial charge on any atom is 0.274 e. The van der Waals surface area contributed by atoms with Crippen molar-refractivity contribution in [3.8, 4) is 0 Å². The van der Waals surface area contributed by atoms with Crippen LogP contribution in [0.2, 0.25) is 0 Å². The van der Waals surface area contributed by atoms with Crippen LogP contribution in [0, 0.1) is 5.92 Å². The van der Waals surface area contributed by atoms with Gasteiger partial charge in [-0.05, 0) is 36.5 Å². The first-order valence-corrected chi connectivity index (χ1v) is 8.96. The van der Waals surface area contributed by atoms with E-state index in [1.165, 1.54) is 0 Å². The summed E-state index contributed by atoms with van der Waals surface area (Å²) >= 11 is 0. The number of nitrogens with zero attached hydrogens (tertiary/aromatic N) is 3. The molecule has 1 amide bonds. The first kappa shape index (κ1) is 16.7. The second kappa shape index (κ2) is 7.22. The third-order valence-corrected chi connectivity index (χ3v) is 5.08. The van der Waals surface area contributed by atoms with Crippen LogP contribution < -0.4 is 0 Å². The van der Waals surface area contributed by atoms with Crippen molar-refractivity contribution in [2.24, 2.45) is 5.92 Å². The van der Waals surface area contributed by atoms with E-state index in [1.807, 2.05) is 59.5 Å². The lowest BCUT2D eigenvalue weighted by molar-refractivity contribution is 0.0458. The van der Waals surface area contributed by atoms with Crippen molar-refractivity contribution < 1.29 is 9.90 Å². The third kappa shape index (κ3) is 3.30. The molecule has 0 spiro atoms. The van der Waals surface area contributed by atoms with Gasteiger partial charge in [-0.2, -0.15) is 0 Å². The molecule has 5 nitrogen and oxygen atoms in total. The normalized spacial score (nSPS) is 16.6. The maximum absolute atomic E-state index is 12.8. The highest BCUT2D eigenvalue weighted by Gasteiger charge is 2.29. The number of hydrogen-bond acceptors (Lipinski definition) is 4. The molecule has 2 heterocycles. The van der Waals surface area contributed by atoms with Crippen LogP contribution in [-0.4, -0.2) is 39.0 Å². The summed E-state index contributed by atoms with van der Waals surface area (Å²) in [5.74, 6) is 0.0834. The largest absolute Gasteiger partial charge is 0.388 e. The molecule has 26 heavy (non-hydrogen) atoms. The Kier molecular flexibility index (Phi) is 4.63. The van der Waals surface area contributed by atoms with Crippen LogP contribution >= 0.6 is 0 Å². The zero-order valence-corrected chi connectivity index (χ0v) is 14.5. The molecule has 2 aromatic carbocycles. The second-order valence-corrected chi connectivity index (χ2v) is 6.73. The number of aromatic nitrogens is 2. The van der Waals surface area contributed by atoms with Gasteiger partial charge in [0.25, 0.3) is 5.91 Å². The lowest BCUT2D eigenvalue weighted by Crippen LogP contribution is -2.40. The van der Waals surface area contributed by atoms with Crippen molar-refractivity contribution in [1.82, 2.24) is 14.9 Å². The number of carbonyl (C=O) groups excluding carboxylic acids is 1. The Hall–Kier alpha value is -2.79. The Balaban J connectivity index is 1.43. The van der Waals surface area contributed by atoms with Gasteiger partial charge in [0.15, 0.2) is 0 Å². The minimum Gasteiger partial charge on any atom is -0.388 e. The number of aliphatic hydroxyl groups is 1. The summed E-state index contributed by atoms with van der Waals surface area (Å²) in [6.07, 6.45) is 2.63. The van der Waals surface area contributed by atoms with Gasteiger partial charge >= 0.3 is 0 Å². The fourth-order valence-electron chi connectivity index (χ4n) is 3.56. The monoisotopic (exact) mass is 347 g/mol. The Morgan fingerprint density at radius 3 is 2.38 bits per heavy atom. The molecule has 4 rings (SSSR count). The summed E-state index contributed by atoms with van der Waals surface area (Å²) in [7, 11) is 0. The van der Waals surface area contributed by atoms with Gasteiger partial charge in [0.05, 0.1) is 23.3 Å². The van der Waals surface area contributed by atoms with Gasteiger partial charge in [-0.1, -0.05) is 42.5 Å². The molecular formula is C21H21N3O2. The molecule has 0 aliphatic carbocycles. The number of piperidine rings is 1. The lowest BCUT2D eigenvalue weighted by Gasteiger charge is -2.34. The number of para-hydroxylation sites is 2. The zero-order valence-electron chi connectivity index (χ0n) is 14.5. The van der Waals surface area contributed by atoms with E-state index in [2.05, 4.69) is 9.97 Å². The van der Waals surface area contributed by atoms with Crippen molar-refractivity contribution in [2.75, 3.05) is 13.1 Å². The van der Waals surface area contributed by atoms with Gasteiger partial charge in [-0.15, -0.1) is 0 Å². The highest BCUT2D eigenvalue weighted by Crippen LogP contribution is 2.31. The SMILES string of the molecule is O=C(c1cnc2ccccc2n1)N1CCC(C(O)c2ccccc2)CC1. The predicted octanol–water partition coefficient (Wildman–Crippen LogP) is 3.22. The molecule has 1 unspecified atom stereocenters.